The predicted molar refractivity (Wildman–Crippen MR) is 73.0 cm³/mol. The smallest absolute Gasteiger partial charge is 0.305 e. The molecule has 0 heterocycles. The van der Waals surface area contributed by atoms with Crippen LogP contribution in [0.5, 0.6) is 11.5 Å². The van der Waals surface area contributed by atoms with Gasteiger partial charge in [0.1, 0.15) is 11.5 Å². The highest BCUT2D eigenvalue weighted by molar-refractivity contribution is 5.78. The molecular weight excluding hydrogens is 262 g/mol. The van der Waals surface area contributed by atoms with E-state index in [0.717, 1.165) is 0 Å². The van der Waals surface area contributed by atoms with Crippen molar-refractivity contribution in [2.24, 2.45) is 0 Å². The van der Waals surface area contributed by atoms with Crippen LogP contribution in [0.1, 0.15) is 13.3 Å². The molecule has 0 aliphatic heterocycles. The average Bonchev–Trinajstić information content (AvgIpc) is 2.46. The summed E-state index contributed by atoms with van der Waals surface area (Å²) in [5.41, 5.74) is 0. The van der Waals surface area contributed by atoms with Gasteiger partial charge in [-0.1, -0.05) is 0 Å². The number of rotatable bonds is 8. The molecule has 0 atom stereocenters. The van der Waals surface area contributed by atoms with Crippen molar-refractivity contribution in [1.82, 2.24) is 4.90 Å². The number of carboxylic acid groups (broad SMARTS) is 1. The number of likely N-dealkylation sites (N-methyl/N-ethyl adjacent to an activating group) is 1. The van der Waals surface area contributed by atoms with Gasteiger partial charge in [0.25, 0.3) is 5.91 Å². The predicted octanol–water partition coefficient (Wildman–Crippen LogP) is 1.40. The first-order chi connectivity index (χ1) is 9.56. The molecule has 0 aliphatic carbocycles. The van der Waals surface area contributed by atoms with Gasteiger partial charge in [0.15, 0.2) is 6.61 Å². The molecule has 0 saturated carbocycles. The van der Waals surface area contributed by atoms with E-state index < -0.39 is 5.97 Å². The maximum absolute atomic E-state index is 11.9. The Morgan fingerprint density at radius 1 is 1.20 bits per heavy atom. The molecule has 0 saturated heterocycles. The monoisotopic (exact) mass is 281 g/mol. The zero-order valence-electron chi connectivity index (χ0n) is 11.7. The number of nitrogens with zero attached hydrogens (tertiary/aromatic N) is 1. The van der Waals surface area contributed by atoms with Crippen molar-refractivity contribution in [1.29, 1.82) is 0 Å². The van der Waals surface area contributed by atoms with Crippen molar-refractivity contribution in [3.8, 4) is 11.5 Å². The normalized spacial score (nSPS) is 9.90. The number of ether oxygens (including phenoxy) is 2. The Labute approximate surface area is 117 Å². The Hall–Kier alpha value is -2.24. The summed E-state index contributed by atoms with van der Waals surface area (Å²) < 4.78 is 10.4. The van der Waals surface area contributed by atoms with Crippen LogP contribution in [0.2, 0.25) is 0 Å². The topological polar surface area (TPSA) is 76.1 Å². The summed E-state index contributed by atoms with van der Waals surface area (Å²) in [4.78, 5) is 23.8. The van der Waals surface area contributed by atoms with Crippen LogP contribution in [0.15, 0.2) is 24.3 Å². The van der Waals surface area contributed by atoms with E-state index in [9.17, 15) is 9.59 Å². The molecule has 0 bridgehead atoms. The lowest BCUT2D eigenvalue weighted by atomic mass is 10.3. The van der Waals surface area contributed by atoms with E-state index in [-0.39, 0.29) is 25.5 Å². The fourth-order valence-electron chi connectivity index (χ4n) is 1.60. The van der Waals surface area contributed by atoms with Crippen LogP contribution in [0, 0.1) is 0 Å². The molecular formula is C14H19NO5. The molecule has 20 heavy (non-hydrogen) atoms. The molecule has 0 aliphatic rings. The quantitative estimate of drug-likeness (QED) is 0.779. The first-order valence-electron chi connectivity index (χ1n) is 6.33. The molecule has 1 aromatic rings. The molecule has 1 aromatic carbocycles. The van der Waals surface area contributed by atoms with Crippen molar-refractivity contribution in [2.75, 3.05) is 26.8 Å². The van der Waals surface area contributed by atoms with Crippen molar-refractivity contribution >= 4 is 11.9 Å². The number of aliphatic carboxylic acids is 1. The maximum atomic E-state index is 11.9. The zero-order chi connectivity index (χ0) is 15.0. The lowest BCUT2D eigenvalue weighted by molar-refractivity contribution is -0.139. The Morgan fingerprint density at radius 2 is 1.80 bits per heavy atom. The van der Waals surface area contributed by atoms with Crippen LogP contribution >= 0.6 is 0 Å². The second-order valence-electron chi connectivity index (χ2n) is 4.08. The number of amides is 1. The van der Waals surface area contributed by atoms with E-state index in [1.54, 1.807) is 38.3 Å². The van der Waals surface area contributed by atoms with Gasteiger partial charge < -0.3 is 19.5 Å². The summed E-state index contributed by atoms with van der Waals surface area (Å²) in [6.45, 7) is 2.33. The summed E-state index contributed by atoms with van der Waals surface area (Å²) in [6.07, 6.45) is -0.0673. The Bertz CT molecular complexity index is 443. The summed E-state index contributed by atoms with van der Waals surface area (Å²) in [5, 5.41) is 8.62. The van der Waals surface area contributed by atoms with Crippen LogP contribution < -0.4 is 9.47 Å². The SMILES string of the molecule is CCN(CCC(=O)O)C(=O)COc1ccc(OC)cc1. The summed E-state index contributed by atoms with van der Waals surface area (Å²) in [5.74, 6) is 0.116. The van der Waals surface area contributed by atoms with E-state index >= 15 is 0 Å². The van der Waals surface area contributed by atoms with E-state index in [1.807, 2.05) is 0 Å². The number of methoxy groups -OCH3 is 1. The van der Waals surface area contributed by atoms with Crippen molar-refractivity contribution in [3.63, 3.8) is 0 Å². The van der Waals surface area contributed by atoms with Gasteiger partial charge in [0.05, 0.1) is 13.5 Å². The lowest BCUT2D eigenvalue weighted by Crippen LogP contribution is -2.36. The number of carboxylic acids is 1. The van der Waals surface area contributed by atoms with Crippen LogP contribution in [0.4, 0.5) is 0 Å². The van der Waals surface area contributed by atoms with E-state index in [2.05, 4.69) is 0 Å². The largest absolute Gasteiger partial charge is 0.497 e. The van der Waals surface area contributed by atoms with Gasteiger partial charge in [-0.3, -0.25) is 9.59 Å². The molecule has 110 valence electrons. The fraction of sp³-hybridized carbons (Fsp3) is 0.429. The molecule has 1 N–H and O–H groups in total. The minimum Gasteiger partial charge on any atom is -0.497 e. The van der Waals surface area contributed by atoms with Crippen LogP contribution in [-0.4, -0.2) is 48.7 Å². The van der Waals surface area contributed by atoms with Crippen LogP contribution in [0.25, 0.3) is 0 Å². The van der Waals surface area contributed by atoms with Gasteiger partial charge >= 0.3 is 5.97 Å². The minimum absolute atomic E-state index is 0.0673. The minimum atomic E-state index is -0.924. The highest BCUT2D eigenvalue weighted by atomic mass is 16.5. The number of hydrogen-bond acceptors (Lipinski definition) is 4. The number of carbonyl (C=O) groups is 2. The number of benzene rings is 1. The van der Waals surface area contributed by atoms with Gasteiger partial charge in [-0.2, -0.15) is 0 Å². The summed E-state index contributed by atoms with van der Waals surface area (Å²) in [7, 11) is 1.57. The highest BCUT2D eigenvalue weighted by Crippen LogP contribution is 2.16. The van der Waals surface area contributed by atoms with Crippen molar-refractivity contribution < 1.29 is 24.2 Å². The van der Waals surface area contributed by atoms with Gasteiger partial charge in [-0.25, -0.2) is 0 Å². The fourth-order valence-corrected chi connectivity index (χ4v) is 1.60. The maximum Gasteiger partial charge on any atom is 0.305 e. The third-order valence-corrected chi connectivity index (χ3v) is 2.75. The first kappa shape index (κ1) is 15.8. The highest BCUT2D eigenvalue weighted by Gasteiger charge is 2.13. The molecule has 1 amide bonds. The summed E-state index contributed by atoms with van der Waals surface area (Å²) >= 11 is 0. The second kappa shape index (κ2) is 8.04. The Morgan fingerprint density at radius 3 is 2.30 bits per heavy atom. The van der Waals surface area contributed by atoms with E-state index in [0.29, 0.717) is 18.0 Å². The van der Waals surface area contributed by atoms with Gasteiger partial charge in [-0.05, 0) is 31.2 Å². The molecule has 1 rings (SSSR count). The standard InChI is InChI=1S/C14H19NO5/c1-3-15(9-8-14(17)18)13(16)10-20-12-6-4-11(19-2)5-7-12/h4-7H,3,8-10H2,1-2H3,(H,17,18). The van der Waals surface area contributed by atoms with Crippen molar-refractivity contribution in [2.45, 2.75) is 13.3 Å². The van der Waals surface area contributed by atoms with Gasteiger partial charge in [0.2, 0.25) is 0 Å². The zero-order valence-corrected chi connectivity index (χ0v) is 11.7. The summed E-state index contributed by atoms with van der Waals surface area (Å²) in [6, 6.07) is 6.89. The average molecular weight is 281 g/mol. The Balaban J connectivity index is 2.45. The second-order valence-corrected chi connectivity index (χ2v) is 4.08. The molecule has 0 fully saturated rings. The van der Waals surface area contributed by atoms with Crippen LogP contribution in [-0.2, 0) is 9.59 Å². The van der Waals surface area contributed by atoms with Gasteiger partial charge in [0, 0.05) is 13.1 Å². The first-order valence-corrected chi connectivity index (χ1v) is 6.33. The molecule has 6 heteroatoms. The molecule has 0 aromatic heterocycles. The van der Waals surface area contributed by atoms with Crippen LogP contribution in [0.3, 0.4) is 0 Å². The third-order valence-electron chi connectivity index (χ3n) is 2.75. The van der Waals surface area contributed by atoms with Gasteiger partial charge in [-0.15, -0.1) is 0 Å². The van der Waals surface area contributed by atoms with Crippen molar-refractivity contribution in [3.05, 3.63) is 24.3 Å². The molecule has 6 nitrogen and oxygen atoms in total. The Kier molecular flexibility index (Phi) is 6.36. The number of hydrogen-bond donors (Lipinski definition) is 1. The lowest BCUT2D eigenvalue weighted by Gasteiger charge is -2.20. The molecule has 0 unspecified atom stereocenters. The molecule has 0 spiro atoms. The molecule has 0 radical (unpaired) electrons. The third kappa shape index (κ3) is 5.17. The van der Waals surface area contributed by atoms with E-state index in [4.69, 9.17) is 14.6 Å². The number of carbonyl (C=O) groups excluding carboxylic acids is 1. The van der Waals surface area contributed by atoms with E-state index in [1.165, 1.54) is 4.90 Å².